The first-order valence-corrected chi connectivity index (χ1v) is 10.6. The van der Waals surface area contributed by atoms with E-state index in [0.29, 0.717) is 6.61 Å². The van der Waals surface area contributed by atoms with Gasteiger partial charge in [-0.1, -0.05) is 36.8 Å². The molecule has 0 aromatic heterocycles. The van der Waals surface area contributed by atoms with Gasteiger partial charge in [-0.3, -0.25) is 4.99 Å². The van der Waals surface area contributed by atoms with Crippen molar-refractivity contribution in [2.75, 3.05) is 39.8 Å². The SMILES string of the molecule is CN=C(NCCCCOCc1ccccc1)NCCCN1CCCCC1C. The molecule has 0 spiro atoms. The first kappa shape index (κ1) is 21.7. The largest absolute Gasteiger partial charge is 0.377 e. The molecule has 1 aliphatic heterocycles. The van der Waals surface area contributed by atoms with Gasteiger partial charge in [-0.15, -0.1) is 0 Å². The molecule has 2 N–H and O–H groups in total. The van der Waals surface area contributed by atoms with Crippen LogP contribution in [0.1, 0.15) is 51.0 Å². The van der Waals surface area contributed by atoms with Gasteiger partial charge in [-0.25, -0.2) is 0 Å². The Morgan fingerprint density at radius 3 is 2.63 bits per heavy atom. The van der Waals surface area contributed by atoms with Crippen LogP contribution in [0.2, 0.25) is 0 Å². The third kappa shape index (κ3) is 9.25. The van der Waals surface area contributed by atoms with Crippen LogP contribution in [0.15, 0.2) is 35.3 Å². The Bertz CT molecular complexity index is 520. The zero-order valence-electron chi connectivity index (χ0n) is 17.3. The quantitative estimate of drug-likeness (QED) is 0.354. The summed E-state index contributed by atoms with van der Waals surface area (Å²) < 4.78 is 5.72. The Hall–Kier alpha value is -1.59. The minimum absolute atomic E-state index is 0.702. The predicted molar refractivity (Wildman–Crippen MR) is 114 cm³/mol. The summed E-state index contributed by atoms with van der Waals surface area (Å²) in [6, 6.07) is 11.1. The van der Waals surface area contributed by atoms with Crippen molar-refractivity contribution in [2.24, 2.45) is 4.99 Å². The lowest BCUT2D eigenvalue weighted by Crippen LogP contribution is -2.41. The number of aliphatic imine (C=N–C) groups is 1. The molecule has 0 amide bonds. The molecule has 0 saturated carbocycles. The van der Waals surface area contributed by atoms with Crippen molar-refractivity contribution in [3.8, 4) is 0 Å². The Kier molecular flexibility index (Phi) is 10.9. The van der Waals surface area contributed by atoms with E-state index in [4.69, 9.17) is 4.74 Å². The topological polar surface area (TPSA) is 48.9 Å². The van der Waals surface area contributed by atoms with Crippen LogP contribution in [0, 0.1) is 0 Å². The van der Waals surface area contributed by atoms with Gasteiger partial charge in [0.2, 0.25) is 0 Å². The van der Waals surface area contributed by atoms with Gasteiger partial charge in [0.05, 0.1) is 6.61 Å². The van der Waals surface area contributed by atoms with Crippen molar-refractivity contribution >= 4 is 5.96 Å². The van der Waals surface area contributed by atoms with Crippen LogP contribution >= 0.6 is 0 Å². The first-order chi connectivity index (χ1) is 13.3. The van der Waals surface area contributed by atoms with E-state index in [1.807, 2.05) is 25.2 Å². The van der Waals surface area contributed by atoms with E-state index in [1.54, 1.807) is 0 Å². The van der Waals surface area contributed by atoms with E-state index in [9.17, 15) is 0 Å². The molecule has 1 heterocycles. The summed E-state index contributed by atoms with van der Waals surface area (Å²) in [4.78, 5) is 6.93. The fraction of sp³-hybridized carbons (Fsp3) is 0.682. The maximum atomic E-state index is 5.72. The fourth-order valence-electron chi connectivity index (χ4n) is 3.50. The summed E-state index contributed by atoms with van der Waals surface area (Å²) >= 11 is 0. The van der Waals surface area contributed by atoms with Crippen LogP contribution in [-0.2, 0) is 11.3 Å². The Morgan fingerprint density at radius 1 is 1.11 bits per heavy atom. The third-order valence-corrected chi connectivity index (χ3v) is 5.20. The highest BCUT2D eigenvalue weighted by Crippen LogP contribution is 2.15. The van der Waals surface area contributed by atoms with Crippen LogP contribution in [0.3, 0.4) is 0 Å². The average Bonchev–Trinajstić information content (AvgIpc) is 2.70. The number of guanidine groups is 1. The number of benzene rings is 1. The molecular formula is C22H38N4O. The first-order valence-electron chi connectivity index (χ1n) is 10.6. The second-order valence-electron chi connectivity index (χ2n) is 7.41. The molecule has 0 aliphatic carbocycles. The lowest BCUT2D eigenvalue weighted by molar-refractivity contribution is 0.117. The number of hydrogen-bond acceptors (Lipinski definition) is 3. The highest BCUT2D eigenvalue weighted by molar-refractivity contribution is 5.79. The summed E-state index contributed by atoms with van der Waals surface area (Å²) in [5, 5.41) is 6.82. The number of hydrogen-bond donors (Lipinski definition) is 2. The molecular weight excluding hydrogens is 336 g/mol. The summed E-state index contributed by atoms with van der Waals surface area (Å²) in [5.41, 5.74) is 1.24. The lowest BCUT2D eigenvalue weighted by Gasteiger charge is -2.33. The normalized spacial score (nSPS) is 18.4. The Balaban J connectivity index is 1.44. The monoisotopic (exact) mass is 374 g/mol. The highest BCUT2D eigenvalue weighted by Gasteiger charge is 2.16. The molecule has 1 fully saturated rings. The molecule has 1 aromatic carbocycles. The van der Waals surface area contributed by atoms with Crippen molar-refractivity contribution in [2.45, 2.75) is 58.1 Å². The van der Waals surface area contributed by atoms with Crippen molar-refractivity contribution in [3.63, 3.8) is 0 Å². The van der Waals surface area contributed by atoms with E-state index < -0.39 is 0 Å². The molecule has 1 atom stereocenters. The molecule has 1 saturated heterocycles. The van der Waals surface area contributed by atoms with E-state index >= 15 is 0 Å². The Labute approximate surface area is 165 Å². The minimum Gasteiger partial charge on any atom is -0.377 e. The number of nitrogens with zero attached hydrogens (tertiary/aromatic N) is 2. The lowest BCUT2D eigenvalue weighted by atomic mass is 10.0. The van der Waals surface area contributed by atoms with Gasteiger partial charge in [0.25, 0.3) is 0 Å². The number of piperidine rings is 1. The second kappa shape index (κ2) is 13.6. The highest BCUT2D eigenvalue weighted by atomic mass is 16.5. The molecule has 1 aliphatic rings. The van der Waals surface area contributed by atoms with E-state index in [2.05, 4.69) is 39.6 Å². The number of rotatable bonds is 11. The molecule has 5 nitrogen and oxygen atoms in total. The van der Waals surface area contributed by atoms with Gasteiger partial charge in [-0.2, -0.15) is 0 Å². The van der Waals surface area contributed by atoms with E-state index in [0.717, 1.165) is 44.5 Å². The third-order valence-electron chi connectivity index (χ3n) is 5.20. The van der Waals surface area contributed by atoms with Crippen LogP contribution < -0.4 is 10.6 Å². The standard InChI is InChI=1S/C22H38N4O/c1-20-11-6-8-16-26(20)17-10-15-25-22(23-2)24-14-7-9-18-27-19-21-12-4-3-5-13-21/h3-5,12-13,20H,6-11,14-19H2,1-2H3,(H2,23,24,25). The molecule has 152 valence electrons. The summed E-state index contributed by atoms with van der Waals surface area (Å²) in [5.74, 6) is 0.909. The molecule has 2 rings (SSSR count). The van der Waals surface area contributed by atoms with Crippen molar-refractivity contribution < 1.29 is 4.74 Å². The smallest absolute Gasteiger partial charge is 0.190 e. The number of ether oxygens (including phenoxy) is 1. The van der Waals surface area contributed by atoms with Gasteiger partial charge in [0, 0.05) is 39.3 Å². The van der Waals surface area contributed by atoms with Crippen LogP contribution in [0.5, 0.6) is 0 Å². The number of likely N-dealkylation sites (tertiary alicyclic amines) is 1. The maximum absolute atomic E-state index is 5.72. The fourth-order valence-corrected chi connectivity index (χ4v) is 3.50. The molecule has 5 heteroatoms. The van der Waals surface area contributed by atoms with Crippen molar-refractivity contribution in [1.29, 1.82) is 0 Å². The van der Waals surface area contributed by atoms with Crippen LogP contribution in [0.4, 0.5) is 0 Å². The summed E-state index contributed by atoms with van der Waals surface area (Å²) in [6.07, 6.45) is 7.41. The van der Waals surface area contributed by atoms with Gasteiger partial charge in [-0.05, 0) is 51.1 Å². The van der Waals surface area contributed by atoms with Gasteiger partial charge in [0.15, 0.2) is 5.96 Å². The molecule has 27 heavy (non-hydrogen) atoms. The zero-order chi connectivity index (χ0) is 19.2. The molecule has 0 bridgehead atoms. The average molecular weight is 375 g/mol. The van der Waals surface area contributed by atoms with Crippen LogP contribution in [0.25, 0.3) is 0 Å². The van der Waals surface area contributed by atoms with E-state index in [1.165, 1.54) is 44.3 Å². The second-order valence-corrected chi connectivity index (χ2v) is 7.41. The van der Waals surface area contributed by atoms with Crippen molar-refractivity contribution in [1.82, 2.24) is 15.5 Å². The van der Waals surface area contributed by atoms with Gasteiger partial charge in [0.1, 0.15) is 0 Å². The summed E-state index contributed by atoms with van der Waals surface area (Å²) in [7, 11) is 1.84. The van der Waals surface area contributed by atoms with E-state index in [-0.39, 0.29) is 0 Å². The molecule has 1 aromatic rings. The number of nitrogens with one attached hydrogen (secondary N) is 2. The van der Waals surface area contributed by atoms with Crippen molar-refractivity contribution in [3.05, 3.63) is 35.9 Å². The predicted octanol–water partition coefficient (Wildman–Crippen LogP) is 3.41. The number of unbranched alkanes of at least 4 members (excludes halogenated alkanes) is 1. The zero-order valence-corrected chi connectivity index (χ0v) is 17.3. The van der Waals surface area contributed by atoms with Gasteiger partial charge >= 0.3 is 0 Å². The maximum Gasteiger partial charge on any atom is 0.190 e. The summed E-state index contributed by atoms with van der Waals surface area (Å²) in [6.45, 7) is 8.21. The molecule has 1 unspecified atom stereocenters. The van der Waals surface area contributed by atoms with Gasteiger partial charge < -0.3 is 20.3 Å². The Morgan fingerprint density at radius 2 is 1.89 bits per heavy atom. The van der Waals surface area contributed by atoms with Crippen LogP contribution in [-0.4, -0.2) is 56.7 Å². The molecule has 0 radical (unpaired) electrons. The minimum atomic E-state index is 0.702.